The van der Waals surface area contributed by atoms with Crippen molar-refractivity contribution in [3.05, 3.63) is 20.8 Å². The summed E-state index contributed by atoms with van der Waals surface area (Å²) < 4.78 is 0.777. The minimum absolute atomic E-state index is 0.418. The minimum Gasteiger partial charge on any atom is -0.479 e. The summed E-state index contributed by atoms with van der Waals surface area (Å²) in [5.74, 6) is -1.43. The third-order valence-corrected chi connectivity index (χ3v) is 3.13. The van der Waals surface area contributed by atoms with Gasteiger partial charge in [0.15, 0.2) is 6.10 Å². The maximum Gasteiger partial charge on any atom is 0.335 e. The molecule has 0 saturated carbocycles. The third kappa shape index (κ3) is 2.50. The molecule has 1 heterocycles. The lowest BCUT2D eigenvalue weighted by molar-refractivity contribution is -0.152. The van der Waals surface area contributed by atoms with E-state index in [1.165, 1.54) is 11.3 Å². The van der Waals surface area contributed by atoms with E-state index in [1.54, 1.807) is 12.1 Å². The molecule has 4 nitrogen and oxygen atoms in total. The SMILES string of the molecule is O=C(O)C(O)C(O)c1ccc(Br)s1. The van der Waals surface area contributed by atoms with Crippen molar-refractivity contribution in [1.82, 2.24) is 0 Å². The molecule has 2 atom stereocenters. The largest absolute Gasteiger partial charge is 0.479 e. The maximum atomic E-state index is 10.3. The van der Waals surface area contributed by atoms with E-state index in [4.69, 9.17) is 10.2 Å². The molecule has 0 fully saturated rings. The van der Waals surface area contributed by atoms with E-state index in [0.717, 1.165) is 3.79 Å². The van der Waals surface area contributed by atoms with Gasteiger partial charge in [0.2, 0.25) is 0 Å². The van der Waals surface area contributed by atoms with Crippen LogP contribution in [0.1, 0.15) is 11.0 Å². The summed E-state index contributed by atoms with van der Waals surface area (Å²) in [5.41, 5.74) is 0. The fourth-order valence-corrected chi connectivity index (χ4v) is 2.22. The van der Waals surface area contributed by atoms with Gasteiger partial charge >= 0.3 is 5.97 Å². The second kappa shape index (κ2) is 4.19. The van der Waals surface area contributed by atoms with Crippen LogP contribution >= 0.6 is 27.3 Å². The summed E-state index contributed by atoms with van der Waals surface area (Å²) in [5, 5.41) is 26.7. The highest BCUT2D eigenvalue weighted by atomic mass is 79.9. The molecule has 1 aromatic rings. The maximum absolute atomic E-state index is 10.3. The van der Waals surface area contributed by atoms with Crippen molar-refractivity contribution >= 4 is 33.2 Å². The number of carbonyl (C=O) groups is 1. The Kier molecular flexibility index (Phi) is 3.43. The number of aliphatic hydroxyl groups excluding tert-OH is 2. The van der Waals surface area contributed by atoms with Gasteiger partial charge in [-0.05, 0) is 28.1 Å². The molecule has 0 radical (unpaired) electrons. The van der Waals surface area contributed by atoms with Crippen LogP contribution in [-0.4, -0.2) is 27.4 Å². The van der Waals surface area contributed by atoms with Crippen LogP contribution in [-0.2, 0) is 4.79 Å². The quantitative estimate of drug-likeness (QED) is 0.763. The van der Waals surface area contributed by atoms with Crippen LogP contribution in [0, 0.1) is 0 Å². The van der Waals surface area contributed by atoms with Crippen LogP contribution in [0.5, 0.6) is 0 Å². The Balaban J connectivity index is 2.78. The summed E-state index contributed by atoms with van der Waals surface area (Å²) in [6.07, 6.45) is -3.14. The third-order valence-electron chi connectivity index (χ3n) is 1.44. The fourth-order valence-electron chi connectivity index (χ4n) is 0.778. The molecular formula is C7H7BrO4S. The van der Waals surface area contributed by atoms with Crippen molar-refractivity contribution in [3.63, 3.8) is 0 Å². The second-order valence-corrected chi connectivity index (χ2v) is 4.86. The number of hydrogen-bond donors (Lipinski definition) is 3. The normalized spacial score (nSPS) is 15.3. The molecule has 0 saturated heterocycles. The molecule has 1 rings (SSSR count). The summed E-state index contributed by atoms with van der Waals surface area (Å²) in [7, 11) is 0. The molecule has 72 valence electrons. The van der Waals surface area contributed by atoms with Gasteiger partial charge in [-0.2, -0.15) is 0 Å². The van der Waals surface area contributed by atoms with Gasteiger partial charge in [0, 0.05) is 4.88 Å². The van der Waals surface area contributed by atoms with Crippen LogP contribution in [0.15, 0.2) is 15.9 Å². The van der Waals surface area contributed by atoms with Crippen LogP contribution < -0.4 is 0 Å². The first-order chi connectivity index (χ1) is 6.02. The first kappa shape index (κ1) is 10.6. The van der Waals surface area contributed by atoms with Gasteiger partial charge in [0.1, 0.15) is 6.10 Å². The number of rotatable bonds is 3. The van der Waals surface area contributed by atoms with Gasteiger partial charge in [-0.1, -0.05) is 0 Å². The molecule has 0 aliphatic rings. The van der Waals surface area contributed by atoms with Crippen molar-refractivity contribution in [1.29, 1.82) is 0 Å². The molecule has 3 N–H and O–H groups in total. The predicted molar refractivity (Wildman–Crippen MR) is 50.6 cm³/mol. The summed E-state index contributed by atoms with van der Waals surface area (Å²) in [4.78, 5) is 10.7. The smallest absolute Gasteiger partial charge is 0.335 e. The average molecular weight is 267 g/mol. The van der Waals surface area contributed by atoms with Gasteiger partial charge < -0.3 is 15.3 Å². The molecule has 0 aliphatic heterocycles. The highest BCUT2D eigenvalue weighted by Gasteiger charge is 2.26. The number of thiophene rings is 1. The molecule has 1 aromatic heterocycles. The second-order valence-electron chi connectivity index (χ2n) is 2.37. The summed E-state index contributed by atoms with van der Waals surface area (Å²) >= 11 is 4.35. The number of carboxylic acids is 1. The highest BCUT2D eigenvalue weighted by Crippen LogP contribution is 2.28. The van der Waals surface area contributed by atoms with Crippen LogP contribution in [0.2, 0.25) is 0 Å². The minimum atomic E-state index is -1.77. The zero-order valence-electron chi connectivity index (χ0n) is 6.35. The lowest BCUT2D eigenvalue weighted by Gasteiger charge is -2.11. The van der Waals surface area contributed by atoms with Crippen molar-refractivity contribution in [3.8, 4) is 0 Å². The Hall–Kier alpha value is -0.430. The molecule has 0 spiro atoms. The van der Waals surface area contributed by atoms with Crippen molar-refractivity contribution < 1.29 is 20.1 Å². The molecule has 0 amide bonds. The van der Waals surface area contributed by atoms with Gasteiger partial charge in [0.05, 0.1) is 3.79 Å². The first-order valence-electron chi connectivity index (χ1n) is 3.36. The van der Waals surface area contributed by atoms with E-state index in [0.29, 0.717) is 4.88 Å². The molecule has 6 heteroatoms. The molecule has 0 aliphatic carbocycles. The first-order valence-corrected chi connectivity index (χ1v) is 4.97. The molecular weight excluding hydrogens is 260 g/mol. The Morgan fingerprint density at radius 1 is 1.46 bits per heavy atom. The number of halogens is 1. The van der Waals surface area contributed by atoms with Crippen molar-refractivity contribution in [2.24, 2.45) is 0 Å². The summed E-state index contributed by atoms with van der Waals surface area (Å²) in [6.45, 7) is 0. The number of aliphatic carboxylic acids is 1. The van der Waals surface area contributed by atoms with Crippen molar-refractivity contribution in [2.75, 3.05) is 0 Å². The Morgan fingerprint density at radius 3 is 2.46 bits per heavy atom. The van der Waals surface area contributed by atoms with E-state index in [9.17, 15) is 9.90 Å². The van der Waals surface area contributed by atoms with Gasteiger partial charge in [0.25, 0.3) is 0 Å². The van der Waals surface area contributed by atoms with E-state index in [-0.39, 0.29) is 0 Å². The molecule has 13 heavy (non-hydrogen) atoms. The van der Waals surface area contributed by atoms with Gasteiger partial charge in [-0.25, -0.2) is 4.79 Å². The zero-order valence-corrected chi connectivity index (χ0v) is 8.75. The molecule has 0 aromatic carbocycles. The van der Waals surface area contributed by atoms with Gasteiger partial charge in [-0.15, -0.1) is 11.3 Å². The number of aliphatic hydroxyl groups is 2. The van der Waals surface area contributed by atoms with Crippen molar-refractivity contribution in [2.45, 2.75) is 12.2 Å². The van der Waals surface area contributed by atoms with Gasteiger partial charge in [-0.3, -0.25) is 0 Å². The van der Waals surface area contributed by atoms with E-state index in [1.807, 2.05) is 0 Å². The van der Waals surface area contributed by atoms with Crippen LogP contribution in [0.4, 0.5) is 0 Å². The zero-order chi connectivity index (χ0) is 10.0. The topological polar surface area (TPSA) is 77.8 Å². The van der Waals surface area contributed by atoms with Crippen LogP contribution in [0.25, 0.3) is 0 Å². The average Bonchev–Trinajstić information content (AvgIpc) is 2.49. The predicted octanol–water partition coefficient (Wildman–Crippen LogP) is 0.990. The number of hydrogen-bond acceptors (Lipinski definition) is 4. The lowest BCUT2D eigenvalue weighted by atomic mass is 10.2. The molecule has 2 unspecified atom stereocenters. The lowest BCUT2D eigenvalue weighted by Crippen LogP contribution is -2.26. The highest BCUT2D eigenvalue weighted by molar-refractivity contribution is 9.11. The fraction of sp³-hybridized carbons (Fsp3) is 0.286. The van der Waals surface area contributed by atoms with E-state index < -0.39 is 18.2 Å². The molecule has 0 bridgehead atoms. The van der Waals surface area contributed by atoms with Crippen LogP contribution in [0.3, 0.4) is 0 Å². The Bertz CT molecular complexity index is 311. The standard InChI is InChI=1S/C7H7BrO4S/c8-4-2-1-3(13-4)5(9)6(10)7(11)12/h1-2,5-6,9-10H,(H,11,12). The Morgan fingerprint density at radius 2 is 2.08 bits per heavy atom. The van der Waals surface area contributed by atoms with E-state index in [2.05, 4.69) is 15.9 Å². The number of carboxylic acid groups (broad SMARTS) is 1. The van der Waals surface area contributed by atoms with E-state index >= 15 is 0 Å². The summed E-state index contributed by atoms with van der Waals surface area (Å²) in [6, 6.07) is 3.24. The Labute approximate surface area is 86.6 Å². The monoisotopic (exact) mass is 266 g/mol.